The van der Waals surface area contributed by atoms with Gasteiger partial charge in [0.25, 0.3) is 0 Å². The summed E-state index contributed by atoms with van der Waals surface area (Å²) in [6.45, 7) is -2.92. The summed E-state index contributed by atoms with van der Waals surface area (Å²) in [7, 11) is 0. The van der Waals surface area contributed by atoms with Gasteiger partial charge in [0.2, 0.25) is 0 Å². The number of phenolic OH excluding ortho intramolecular Hbond substituents is 1. The second kappa shape index (κ2) is 17.2. The SMILES string of the molecule is O=C(O)CN(CCN(CCN(CC(=O)O)CC(=O)O)[C@@H](Cc1ccc(Oc2ccc(O)c(I)c2)cc1)C(=O)O)CC(=O)O. The van der Waals surface area contributed by atoms with Crippen molar-refractivity contribution in [2.24, 2.45) is 0 Å². The van der Waals surface area contributed by atoms with Gasteiger partial charge < -0.3 is 35.4 Å². The lowest BCUT2D eigenvalue weighted by atomic mass is 10.0. The van der Waals surface area contributed by atoms with Crippen molar-refractivity contribution in [1.29, 1.82) is 0 Å². The summed E-state index contributed by atoms with van der Waals surface area (Å²) in [6.07, 6.45) is -0.0392. The van der Waals surface area contributed by atoms with Crippen molar-refractivity contribution >= 4 is 52.4 Å². The van der Waals surface area contributed by atoms with E-state index >= 15 is 0 Å². The van der Waals surface area contributed by atoms with Crippen LogP contribution in [-0.4, -0.2) is 134 Å². The largest absolute Gasteiger partial charge is 0.507 e. The van der Waals surface area contributed by atoms with E-state index in [0.717, 1.165) is 9.80 Å². The monoisotopic (exact) mass is 717 g/mol. The summed E-state index contributed by atoms with van der Waals surface area (Å²) in [4.78, 5) is 61.0. The van der Waals surface area contributed by atoms with Crippen LogP contribution in [0.1, 0.15) is 5.56 Å². The maximum absolute atomic E-state index is 12.4. The number of phenols is 1. The number of carboxylic acids is 5. The average molecular weight is 717 g/mol. The smallest absolute Gasteiger partial charge is 0.321 e. The number of aromatic hydroxyl groups is 1. The predicted octanol–water partition coefficient (Wildman–Crippen LogP) is 1.03. The van der Waals surface area contributed by atoms with E-state index in [9.17, 15) is 34.2 Å². The van der Waals surface area contributed by atoms with Gasteiger partial charge in [0.1, 0.15) is 23.3 Å². The molecule has 0 aromatic heterocycles. The minimum Gasteiger partial charge on any atom is -0.507 e. The first-order valence-electron chi connectivity index (χ1n) is 12.8. The van der Waals surface area contributed by atoms with Crippen LogP contribution in [0.2, 0.25) is 0 Å². The zero-order valence-corrected chi connectivity index (χ0v) is 25.0. The molecule has 0 aliphatic heterocycles. The Hall–Kier alpha value is -4.00. The minimum absolute atomic E-state index is 0.0392. The number of carboxylic acid groups (broad SMARTS) is 5. The van der Waals surface area contributed by atoms with E-state index in [0.29, 0.717) is 20.6 Å². The van der Waals surface area contributed by atoms with Crippen molar-refractivity contribution in [2.45, 2.75) is 12.5 Å². The molecule has 0 aliphatic rings. The molecule has 15 nitrogen and oxygen atoms in total. The van der Waals surface area contributed by atoms with E-state index < -0.39 is 62.1 Å². The van der Waals surface area contributed by atoms with E-state index in [1.54, 1.807) is 36.4 Å². The highest BCUT2D eigenvalue weighted by Gasteiger charge is 2.28. The lowest BCUT2D eigenvalue weighted by Gasteiger charge is -2.32. The molecule has 0 heterocycles. The molecular formula is C27H32IN3O12. The molecule has 1 atom stereocenters. The Morgan fingerprint density at radius 2 is 1.12 bits per heavy atom. The molecule has 2 rings (SSSR count). The number of aliphatic carboxylic acids is 5. The third kappa shape index (κ3) is 13.2. The second-order valence-electron chi connectivity index (χ2n) is 9.45. The predicted molar refractivity (Wildman–Crippen MR) is 157 cm³/mol. The molecule has 2 aromatic rings. The molecule has 0 saturated heterocycles. The number of carbonyl (C=O) groups is 5. The Balaban J connectivity index is 2.26. The van der Waals surface area contributed by atoms with Crippen molar-refractivity contribution in [3.63, 3.8) is 0 Å². The van der Waals surface area contributed by atoms with Crippen LogP contribution in [0, 0.1) is 3.57 Å². The standard InChI is InChI=1S/C27H32IN3O12/c28-20-12-19(5-6-22(20)32)43-18-3-1-17(2-4-18)11-21(27(41)42)31(9-7-29(13-23(33)34)14-24(35)36)10-8-30(15-25(37)38)16-26(39)40/h1-6,12,21,32H,7-11,13-16H2,(H,33,34)(H,35,36)(H,37,38)(H,39,40)(H,41,42)/t21-/m0/s1. The molecule has 0 fully saturated rings. The Bertz CT molecular complexity index is 1220. The van der Waals surface area contributed by atoms with Gasteiger partial charge in [-0.05, 0) is 64.9 Å². The van der Waals surface area contributed by atoms with Gasteiger partial charge in [-0.15, -0.1) is 0 Å². The van der Waals surface area contributed by atoms with Crippen LogP contribution in [-0.2, 0) is 30.4 Å². The Morgan fingerprint density at radius 1 is 0.674 bits per heavy atom. The van der Waals surface area contributed by atoms with Crippen molar-refractivity contribution in [3.05, 3.63) is 51.6 Å². The molecule has 2 aromatic carbocycles. The van der Waals surface area contributed by atoms with E-state index in [-0.39, 0.29) is 38.3 Å². The maximum atomic E-state index is 12.4. The third-order valence-corrected chi connectivity index (χ3v) is 6.94. The maximum Gasteiger partial charge on any atom is 0.321 e. The van der Waals surface area contributed by atoms with Crippen LogP contribution in [0.15, 0.2) is 42.5 Å². The van der Waals surface area contributed by atoms with Gasteiger partial charge in [-0.1, -0.05) is 12.1 Å². The summed E-state index contributed by atoms with van der Waals surface area (Å²) >= 11 is 1.95. The van der Waals surface area contributed by atoms with Gasteiger partial charge in [-0.2, -0.15) is 0 Å². The van der Waals surface area contributed by atoms with Crippen LogP contribution in [0.4, 0.5) is 0 Å². The molecular weight excluding hydrogens is 685 g/mol. The lowest BCUT2D eigenvalue weighted by Crippen LogP contribution is -2.50. The number of hydrogen-bond acceptors (Lipinski definition) is 10. The molecule has 0 saturated carbocycles. The molecule has 16 heteroatoms. The number of hydrogen-bond donors (Lipinski definition) is 6. The Kier molecular flexibility index (Phi) is 14.1. The van der Waals surface area contributed by atoms with E-state index in [4.69, 9.17) is 25.2 Å². The van der Waals surface area contributed by atoms with Crippen LogP contribution >= 0.6 is 22.6 Å². The van der Waals surface area contributed by atoms with Gasteiger partial charge >= 0.3 is 29.8 Å². The Morgan fingerprint density at radius 3 is 1.51 bits per heavy atom. The summed E-state index contributed by atoms with van der Waals surface area (Å²) < 4.78 is 6.37. The van der Waals surface area contributed by atoms with E-state index in [1.807, 2.05) is 22.6 Å². The van der Waals surface area contributed by atoms with E-state index in [1.165, 1.54) is 11.0 Å². The molecule has 6 N–H and O–H groups in total. The van der Waals surface area contributed by atoms with Crippen molar-refractivity contribution in [1.82, 2.24) is 14.7 Å². The van der Waals surface area contributed by atoms with Crippen molar-refractivity contribution in [3.8, 4) is 17.2 Å². The number of nitrogens with zero attached hydrogens (tertiary/aromatic N) is 3. The second-order valence-corrected chi connectivity index (χ2v) is 10.6. The summed E-state index contributed by atoms with van der Waals surface area (Å²) in [5.41, 5.74) is 0.589. The Labute approximate surface area is 259 Å². The van der Waals surface area contributed by atoms with Crippen LogP contribution in [0.5, 0.6) is 17.2 Å². The highest BCUT2D eigenvalue weighted by atomic mass is 127. The number of halogens is 1. The third-order valence-electron chi connectivity index (χ3n) is 6.08. The molecule has 0 radical (unpaired) electrons. The molecule has 0 amide bonds. The zero-order valence-electron chi connectivity index (χ0n) is 22.8. The molecule has 0 unspecified atom stereocenters. The molecule has 0 bridgehead atoms. The highest BCUT2D eigenvalue weighted by molar-refractivity contribution is 14.1. The zero-order chi connectivity index (χ0) is 32.1. The fourth-order valence-electron chi connectivity index (χ4n) is 4.13. The topological polar surface area (TPSA) is 226 Å². The average Bonchev–Trinajstić information content (AvgIpc) is 2.89. The quantitative estimate of drug-likeness (QED) is 0.105. The van der Waals surface area contributed by atoms with Crippen LogP contribution < -0.4 is 4.74 Å². The first-order valence-corrected chi connectivity index (χ1v) is 13.9. The molecule has 0 aliphatic carbocycles. The van der Waals surface area contributed by atoms with Gasteiger partial charge in [0, 0.05) is 26.2 Å². The van der Waals surface area contributed by atoms with E-state index in [2.05, 4.69) is 0 Å². The first kappa shape index (κ1) is 35.2. The van der Waals surface area contributed by atoms with Crippen LogP contribution in [0.3, 0.4) is 0 Å². The van der Waals surface area contributed by atoms with Crippen molar-refractivity contribution in [2.75, 3.05) is 52.4 Å². The van der Waals surface area contributed by atoms with Gasteiger partial charge in [0.15, 0.2) is 0 Å². The summed E-state index contributed by atoms with van der Waals surface area (Å²) in [5.74, 6) is -5.32. The van der Waals surface area contributed by atoms with Gasteiger partial charge in [0.05, 0.1) is 29.7 Å². The summed E-state index contributed by atoms with van der Waals surface area (Å²) in [6, 6.07) is 10.0. The van der Waals surface area contributed by atoms with Gasteiger partial charge in [-0.3, -0.25) is 38.7 Å². The molecule has 234 valence electrons. The number of benzene rings is 2. The minimum atomic E-state index is -1.28. The highest BCUT2D eigenvalue weighted by Crippen LogP contribution is 2.28. The van der Waals surface area contributed by atoms with Crippen molar-refractivity contribution < 1.29 is 59.3 Å². The normalized spacial score (nSPS) is 11.9. The first-order chi connectivity index (χ1) is 20.2. The number of rotatable bonds is 20. The van der Waals surface area contributed by atoms with Crippen LogP contribution in [0.25, 0.3) is 0 Å². The molecule has 43 heavy (non-hydrogen) atoms. The lowest BCUT2D eigenvalue weighted by molar-refractivity contribution is -0.146. The fraction of sp³-hybridized carbons (Fsp3) is 0.370. The fourth-order valence-corrected chi connectivity index (χ4v) is 4.62. The van der Waals surface area contributed by atoms with Gasteiger partial charge in [-0.25, -0.2) is 0 Å². The summed E-state index contributed by atoms with van der Waals surface area (Å²) in [5, 5.41) is 56.4. The molecule has 0 spiro atoms. The number of ether oxygens (including phenoxy) is 1.